The third-order valence-electron chi connectivity index (χ3n) is 0. The molecule has 0 atom stereocenters. The molecule has 27 valence electrons. The zero-order valence-corrected chi connectivity index (χ0v) is 4.23. The van der Waals surface area contributed by atoms with Crippen LogP contribution in [0.5, 0.6) is 0 Å². The van der Waals surface area contributed by atoms with Crippen LogP contribution in [0.15, 0.2) is 0 Å². The molecule has 0 amide bonds. The van der Waals surface area contributed by atoms with Crippen LogP contribution in [0.1, 0.15) is 0 Å². The molecule has 0 unspecified atom stereocenters. The molecule has 0 spiro atoms. The number of rotatable bonds is 0. The Hall–Kier alpha value is 1.06. The van der Waals surface area contributed by atoms with Crippen molar-refractivity contribution in [2.45, 2.75) is 0 Å². The van der Waals surface area contributed by atoms with Gasteiger partial charge in [0.25, 0.3) is 0 Å². The van der Waals surface area contributed by atoms with E-state index in [0.717, 1.165) is 0 Å². The summed E-state index contributed by atoms with van der Waals surface area (Å²) in [5.41, 5.74) is 0. The van der Waals surface area contributed by atoms with Crippen molar-refractivity contribution in [3.63, 3.8) is 0 Å². The Morgan fingerprint density at radius 2 is 1.25 bits per heavy atom. The van der Waals surface area contributed by atoms with Gasteiger partial charge < -0.3 is 0 Å². The van der Waals surface area contributed by atoms with Crippen LogP contribution in [0.25, 0.3) is 0 Å². The summed E-state index contributed by atoms with van der Waals surface area (Å²) in [5, 5.41) is 0. The molecule has 4 heavy (non-hydrogen) atoms. The van der Waals surface area contributed by atoms with Gasteiger partial charge in [0.2, 0.25) is 0 Å². The van der Waals surface area contributed by atoms with Gasteiger partial charge in [-0.2, -0.15) is 3.84 Å². The van der Waals surface area contributed by atoms with Gasteiger partial charge in [-0.1, -0.05) is 0 Å². The maximum Gasteiger partial charge on any atom is 0.0832 e. The van der Waals surface area contributed by atoms with Crippen LogP contribution < -0.4 is 0 Å². The second-order valence-electron chi connectivity index (χ2n) is 0.0583. The second-order valence-corrected chi connectivity index (χ2v) is 0.525. The van der Waals surface area contributed by atoms with E-state index in [1.165, 1.54) is 0 Å². The monoisotopic (exact) mass is 141 g/mol. The van der Waals surface area contributed by atoms with Crippen LogP contribution >= 0.6 is 23.7 Å². The van der Waals surface area contributed by atoms with Crippen LogP contribution in [-0.2, 0) is 20.9 Å². The summed E-state index contributed by atoms with van der Waals surface area (Å²) in [7, 11) is 0. The van der Waals surface area contributed by atoms with Gasteiger partial charge in [-0.15, -0.1) is 0 Å². The third-order valence-corrected chi connectivity index (χ3v) is 0. The summed E-state index contributed by atoms with van der Waals surface area (Å²) >= 11 is 8.53. The number of halogens is 2. The number of hydrogen-bond donors (Lipinski definition) is 0. The Bertz CT molecular complexity index is 6.00. The quantitative estimate of drug-likeness (QED) is 0.463. The molecular weight excluding hydrogens is 142 g/mol. The molecule has 0 aliphatic carbocycles. The minimum atomic E-state index is 0. The van der Waals surface area contributed by atoms with Crippen LogP contribution in [0.3, 0.4) is 0 Å². The fourth-order valence-electron chi connectivity index (χ4n) is 0. The van der Waals surface area contributed by atoms with Crippen LogP contribution in [0.2, 0.25) is 0 Å². The van der Waals surface area contributed by atoms with Crippen molar-refractivity contribution < 1.29 is 20.9 Å². The van der Waals surface area contributed by atoms with Gasteiger partial charge in [-0.05, 0) is 0 Å². The average molecular weight is 142 g/mol. The Morgan fingerprint density at radius 3 is 1.25 bits per heavy atom. The zero-order chi connectivity index (χ0) is 2.71. The van der Waals surface area contributed by atoms with Crippen molar-refractivity contribution in [3.05, 3.63) is 0 Å². The van der Waals surface area contributed by atoms with E-state index in [4.69, 9.17) is 0 Å². The van der Waals surface area contributed by atoms with E-state index in [-0.39, 0.29) is 17.1 Å². The average Bonchev–Trinajstić information content (AvgIpc) is 0.918. The van der Waals surface area contributed by atoms with E-state index in [1.807, 2.05) is 0 Å². The molecule has 0 N–H and O–H groups in total. The van der Waals surface area contributed by atoms with Crippen molar-refractivity contribution in [1.82, 2.24) is 0 Å². The molecule has 1 radical (unpaired) electrons. The van der Waals surface area contributed by atoms with Crippen molar-refractivity contribution in [2.24, 2.45) is 0 Å². The third kappa shape index (κ3) is 11.6. The predicted molar refractivity (Wildman–Crippen MR) is 12.8 cm³/mol. The van der Waals surface area contributed by atoms with Gasteiger partial charge in [-0.3, -0.25) is 0 Å². The zero-order valence-electron chi connectivity index (χ0n) is 1.54. The molecule has 0 fully saturated rings. The molecule has 0 heterocycles. The molecule has 0 saturated heterocycles. The van der Waals surface area contributed by atoms with E-state index in [1.54, 1.807) is 0 Å². The molecule has 0 aromatic heterocycles. The maximum atomic E-state index is 4.26. The summed E-state index contributed by atoms with van der Waals surface area (Å²) in [6, 6.07) is 0. The van der Waals surface area contributed by atoms with Crippen LogP contribution in [0, 0.1) is 0 Å². The first-order chi connectivity index (χ1) is 1.41. The van der Waals surface area contributed by atoms with Crippen molar-refractivity contribution >= 4 is 23.7 Å². The largest absolute Gasteiger partial charge is 0.166 e. The van der Waals surface area contributed by atoms with Gasteiger partial charge in [0.1, 0.15) is 0 Å². The molecular formula is Cl2MnO. The fourth-order valence-corrected chi connectivity index (χ4v) is 0. The standard InChI is InChI=1S/Cl2O.Mn/c1-3-2;. The van der Waals surface area contributed by atoms with Crippen molar-refractivity contribution in [1.29, 1.82) is 0 Å². The molecule has 0 rings (SSSR count). The first-order valence-corrected chi connectivity index (χ1v) is 0.926. The number of hydrogen-bond acceptors (Lipinski definition) is 1. The summed E-state index contributed by atoms with van der Waals surface area (Å²) < 4.78 is 3.19. The summed E-state index contributed by atoms with van der Waals surface area (Å²) in [6.45, 7) is 0. The molecule has 0 saturated carbocycles. The van der Waals surface area contributed by atoms with Gasteiger partial charge >= 0.3 is 0 Å². The molecule has 0 aliphatic heterocycles. The smallest absolute Gasteiger partial charge is 0.0832 e. The molecule has 4 heteroatoms. The van der Waals surface area contributed by atoms with Crippen molar-refractivity contribution in [2.75, 3.05) is 0 Å². The van der Waals surface area contributed by atoms with Crippen LogP contribution in [0.4, 0.5) is 0 Å². The molecule has 0 aliphatic rings. The maximum absolute atomic E-state index is 4.26. The molecule has 0 aromatic carbocycles. The Morgan fingerprint density at radius 1 is 1.25 bits per heavy atom. The topological polar surface area (TPSA) is 9.23 Å². The molecule has 0 bridgehead atoms. The van der Waals surface area contributed by atoms with Crippen LogP contribution in [-0.4, -0.2) is 0 Å². The first kappa shape index (κ1) is 8.91. The van der Waals surface area contributed by atoms with E-state index < -0.39 is 0 Å². The SMILES string of the molecule is ClOCl.[Mn]. The summed E-state index contributed by atoms with van der Waals surface area (Å²) in [4.78, 5) is 0. The van der Waals surface area contributed by atoms with E-state index in [9.17, 15) is 0 Å². The Kier molecular flexibility index (Phi) is 19.9. The van der Waals surface area contributed by atoms with Gasteiger partial charge in [0, 0.05) is 17.1 Å². The summed E-state index contributed by atoms with van der Waals surface area (Å²) in [5.74, 6) is 0. The minimum absolute atomic E-state index is 0. The summed E-state index contributed by atoms with van der Waals surface area (Å²) in [6.07, 6.45) is 0. The normalized spacial score (nSPS) is 4.50. The van der Waals surface area contributed by atoms with E-state index in [0.29, 0.717) is 0 Å². The predicted octanol–water partition coefficient (Wildman–Crippen LogP) is 1.31. The van der Waals surface area contributed by atoms with Crippen molar-refractivity contribution in [3.8, 4) is 0 Å². The first-order valence-electron chi connectivity index (χ1n) is 0.309. The van der Waals surface area contributed by atoms with Gasteiger partial charge in [-0.25, -0.2) is 0 Å². The van der Waals surface area contributed by atoms with E-state index >= 15 is 0 Å². The second kappa shape index (κ2) is 8.96. The molecule has 0 aromatic rings. The van der Waals surface area contributed by atoms with Gasteiger partial charge in [0.15, 0.2) is 0 Å². The van der Waals surface area contributed by atoms with Gasteiger partial charge in [0.05, 0.1) is 23.7 Å². The minimum Gasteiger partial charge on any atom is -0.166 e. The van der Waals surface area contributed by atoms with E-state index in [2.05, 4.69) is 27.6 Å². The fraction of sp³-hybridized carbons (Fsp3) is 0. The molecule has 1 nitrogen and oxygen atoms in total. The Labute approximate surface area is 45.0 Å². The Balaban J connectivity index is 0.